The second kappa shape index (κ2) is 7.15. The molecule has 1 saturated heterocycles. The summed E-state index contributed by atoms with van der Waals surface area (Å²) in [5.41, 5.74) is 1.70. The first kappa shape index (κ1) is 14.7. The number of fused-ring (bicyclic) bond motifs is 1. The smallest absolute Gasteiger partial charge is 0.248 e. The molecule has 1 aromatic carbocycles. The van der Waals surface area contributed by atoms with Gasteiger partial charge in [-0.2, -0.15) is 0 Å². The van der Waals surface area contributed by atoms with Crippen LogP contribution in [0.5, 0.6) is 0 Å². The fourth-order valence-corrected chi connectivity index (χ4v) is 2.43. The van der Waals surface area contributed by atoms with Crippen molar-refractivity contribution in [3.8, 4) is 0 Å². The van der Waals surface area contributed by atoms with Gasteiger partial charge in [0.15, 0.2) is 0 Å². The average Bonchev–Trinajstić information content (AvgIpc) is 2.56. The molecule has 0 bridgehead atoms. The minimum atomic E-state index is -0.114. The first-order chi connectivity index (χ1) is 10.8. The summed E-state index contributed by atoms with van der Waals surface area (Å²) in [6, 6.07) is 9.56. The number of aromatic nitrogens is 1. The maximum atomic E-state index is 11.9. The van der Waals surface area contributed by atoms with Crippen LogP contribution in [0.3, 0.4) is 0 Å². The fraction of sp³-hybridized carbons (Fsp3) is 0.294. The number of benzene rings is 1. The van der Waals surface area contributed by atoms with Crippen molar-refractivity contribution in [1.29, 1.82) is 0 Å². The van der Waals surface area contributed by atoms with Crippen LogP contribution in [0.2, 0.25) is 0 Å². The zero-order chi connectivity index (χ0) is 15.2. The summed E-state index contributed by atoms with van der Waals surface area (Å²) in [5.74, 6) is -0.114. The van der Waals surface area contributed by atoms with E-state index in [9.17, 15) is 4.79 Å². The number of pyridine rings is 1. The molecule has 1 amide bonds. The lowest BCUT2D eigenvalue weighted by Gasteiger charge is -2.25. The fourth-order valence-electron chi connectivity index (χ4n) is 2.43. The molecule has 1 aromatic heterocycles. The van der Waals surface area contributed by atoms with Gasteiger partial charge in [-0.1, -0.05) is 12.1 Å². The molecule has 1 aliphatic heterocycles. The van der Waals surface area contributed by atoms with Gasteiger partial charge in [0.05, 0.1) is 18.7 Å². The van der Waals surface area contributed by atoms with E-state index in [1.165, 1.54) is 0 Å². The summed E-state index contributed by atoms with van der Waals surface area (Å²) in [6.45, 7) is 4.15. The lowest BCUT2D eigenvalue weighted by atomic mass is 10.2. The molecule has 22 heavy (non-hydrogen) atoms. The molecular formula is C17H19N3O2. The monoisotopic (exact) mass is 297 g/mol. The highest BCUT2D eigenvalue weighted by atomic mass is 16.5. The molecule has 1 aliphatic rings. The van der Waals surface area contributed by atoms with E-state index in [4.69, 9.17) is 4.74 Å². The molecule has 1 fully saturated rings. The summed E-state index contributed by atoms with van der Waals surface area (Å²) in [7, 11) is 0. The second-order valence-electron chi connectivity index (χ2n) is 5.22. The summed E-state index contributed by atoms with van der Waals surface area (Å²) in [4.78, 5) is 18.5. The molecule has 5 nitrogen and oxygen atoms in total. The van der Waals surface area contributed by atoms with Crippen LogP contribution < -0.4 is 5.32 Å². The Labute approximate surface area is 129 Å². The standard InChI is InChI=1S/C17H19N3O2/c21-17(4-2-8-20-9-11-22-12-10-20)19-15-5-6-16-14(13-15)3-1-7-18-16/h1-7,13H,8-12H2,(H,19,21). The van der Waals surface area contributed by atoms with Crippen LogP contribution in [0.15, 0.2) is 48.7 Å². The molecule has 5 heteroatoms. The molecule has 0 spiro atoms. The minimum Gasteiger partial charge on any atom is -0.379 e. The van der Waals surface area contributed by atoms with E-state index in [1.54, 1.807) is 12.3 Å². The number of carbonyl (C=O) groups is 1. The van der Waals surface area contributed by atoms with Crippen LogP contribution in [0.1, 0.15) is 0 Å². The van der Waals surface area contributed by atoms with Crippen LogP contribution in [0.25, 0.3) is 10.9 Å². The van der Waals surface area contributed by atoms with Gasteiger partial charge in [0.2, 0.25) is 5.91 Å². The van der Waals surface area contributed by atoms with E-state index in [1.807, 2.05) is 36.4 Å². The van der Waals surface area contributed by atoms with Gasteiger partial charge in [-0.05, 0) is 24.3 Å². The number of ether oxygens (including phenoxy) is 1. The van der Waals surface area contributed by atoms with Crippen molar-refractivity contribution in [2.24, 2.45) is 0 Å². The van der Waals surface area contributed by atoms with Crippen molar-refractivity contribution in [1.82, 2.24) is 9.88 Å². The molecule has 0 unspecified atom stereocenters. The summed E-state index contributed by atoms with van der Waals surface area (Å²) in [5, 5.41) is 3.89. The Morgan fingerprint density at radius 1 is 1.32 bits per heavy atom. The number of nitrogens with zero attached hydrogens (tertiary/aromatic N) is 2. The summed E-state index contributed by atoms with van der Waals surface area (Å²) < 4.78 is 5.29. The molecule has 114 valence electrons. The van der Waals surface area contributed by atoms with Gasteiger partial charge in [0.25, 0.3) is 0 Å². The Balaban J connectivity index is 1.55. The molecule has 3 rings (SSSR count). The first-order valence-electron chi connectivity index (χ1n) is 7.44. The number of morpholine rings is 1. The third-order valence-corrected chi connectivity index (χ3v) is 3.61. The largest absolute Gasteiger partial charge is 0.379 e. The zero-order valence-corrected chi connectivity index (χ0v) is 12.4. The van der Waals surface area contributed by atoms with Crippen molar-refractivity contribution in [3.05, 3.63) is 48.7 Å². The van der Waals surface area contributed by atoms with Gasteiger partial charge in [-0.15, -0.1) is 0 Å². The molecule has 2 aromatic rings. The van der Waals surface area contributed by atoms with Gasteiger partial charge in [0.1, 0.15) is 0 Å². The molecule has 0 saturated carbocycles. The van der Waals surface area contributed by atoms with Gasteiger partial charge < -0.3 is 10.1 Å². The number of carbonyl (C=O) groups excluding carboxylic acids is 1. The molecule has 0 aliphatic carbocycles. The van der Waals surface area contributed by atoms with Crippen LogP contribution in [0, 0.1) is 0 Å². The Kier molecular flexibility index (Phi) is 4.78. The Morgan fingerprint density at radius 3 is 3.05 bits per heavy atom. The van der Waals surface area contributed by atoms with E-state index in [0.29, 0.717) is 0 Å². The van der Waals surface area contributed by atoms with E-state index in [2.05, 4.69) is 15.2 Å². The SMILES string of the molecule is O=C(C=CCN1CCOCC1)Nc1ccc2ncccc2c1. The molecule has 0 atom stereocenters. The molecule has 2 heterocycles. The number of anilines is 1. The quantitative estimate of drug-likeness (QED) is 0.878. The average molecular weight is 297 g/mol. The summed E-state index contributed by atoms with van der Waals surface area (Å²) >= 11 is 0. The Bertz CT molecular complexity index is 678. The number of amides is 1. The highest BCUT2D eigenvalue weighted by Gasteiger charge is 2.08. The van der Waals surface area contributed by atoms with Crippen LogP contribution in [-0.2, 0) is 9.53 Å². The van der Waals surface area contributed by atoms with Gasteiger partial charge >= 0.3 is 0 Å². The zero-order valence-electron chi connectivity index (χ0n) is 12.4. The maximum absolute atomic E-state index is 11.9. The summed E-state index contributed by atoms with van der Waals surface area (Å²) in [6.07, 6.45) is 5.24. The Morgan fingerprint density at radius 2 is 2.18 bits per heavy atom. The van der Waals surface area contributed by atoms with E-state index in [-0.39, 0.29) is 5.91 Å². The third-order valence-electron chi connectivity index (χ3n) is 3.61. The number of nitrogens with one attached hydrogen (secondary N) is 1. The minimum absolute atomic E-state index is 0.114. The van der Waals surface area contributed by atoms with Gasteiger partial charge in [-0.25, -0.2) is 0 Å². The van der Waals surface area contributed by atoms with Crippen LogP contribution >= 0.6 is 0 Å². The predicted octanol–water partition coefficient (Wildman–Crippen LogP) is 2.06. The van der Waals surface area contributed by atoms with Crippen molar-refractivity contribution in [2.75, 3.05) is 38.2 Å². The third kappa shape index (κ3) is 3.90. The predicted molar refractivity (Wildman–Crippen MR) is 86.8 cm³/mol. The van der Waals surface area contributed by atoms with Gasteiger partial charge in [-0.3, -0.25) is 14.7 Å². The van der Waals surface area contributed by atoms with Crippen molar-refractivity contribution in [3.63, 3.8) is 0 Å². The number of hydrogen-bond donors (Lipinski definition) is 1. The molecule has 0 radical (unpaired) electrons. The molecule has 1 N–H and O–H groups in total. The normalized spacial score (nSPS) is 16.2. The first-order valence-corrected chi connectivity index (χ1v) is 7.44. The topological polar surface area (TPSA) is 54.5 Å². The van der Waals surface area contributed by atoms with E-state index in [0.717, 1.165) is 49.4 Å². The number of rotatable bonds is 4. The maximum Gasteiger partial charge on any atom is 0.248 e. The van der Waals surface area contributed by atoms with Crippen LogP contribution in [0.4, 0.5) is 5.69 Å². The lowest BCUT2D eigenvalue weighted by Crippen LogP contribution is -2.36. The lowest BCUT2D eigenvalue weighted by molar-refractivity contribution is -0.111. The number of hydrogen-bond acceptors (Lipinski definition) is 4. The van der Waals surface area contributed by atoms with Gasteiger partial charge in [0, 0.05) is 43.0 Å². The van der Waals surface area contributed by atoms with E-state index < -0.39 is 0 Å². The Hall–Kier alpha value is -2.24. The van der Waals surface area contributed by atoms with Crippen LogP contribution in [-0.4, -0.2) is 48.6 Å². The van der Waals surface area contributed by atoms with Crippen molar-refractivity contribution >= 4 is 22.5 Å². The highest BCUT2D eigenvalue weighted by Crippen LogP contribution is 2.16. The van der Waals surface area contributed by atoms with Crippen molar-refractivity contribution in [2.45, 2.75) is 0 Å². The van der Waals surface area contributed by atoms with Crippen molar-refractivity contribution < 1.29 is 9.53 Å². The second-order valence-corrected chi connectivity index (χ2v) is 5.22. The molecular weight excluding hydrogens is 278 g/mol. The highest BCUT2D eigenvalue weighted by molar-refractivity contribution is 6.00. The van der Waals surface area contributed by atoms with E-state index >= 15 is 0 Å².